The van der Waals surface area contributed by atoms with E-state index in [2.05, 4.69) is 6.07 Å². The van der Waals surface area contributed by atoms with E-state index in [0.29, 0.717) is 40.7 Å². The molecule has 27 heavy (non-hydrogen) atoms. The summed E-state index contributed by atoms with van der Waals surface area (Å²) in [5, 5.41) is 18.5. The minimum absolute atomic E-state index is 0.0108. The molecule has 0 spiro atoms. The van der Waals surface area contributed by atoms with Gasteiger partial charge in [0, 0.05) is 38.8 Å². The summed E-state index contributed by atoms with van der Waals surface area (Å²) in [6, 6.07) is 8.92. The van der Waals surface area contributed by atoms with Crippen LogP contribution >= 0.6 is 0 Å². The molecule has 8 nitrogen and oxygen atoms in total. The molecular formula is C19H18N4O4. The summed E-state index contributed by atoms with van der Waals surface area (Å²) in [5.74, 6) is -0.900. The molecule has 0 amide bonds. The minimum atomic E-state index is -0.900. The van der Waals surface area contributed by atoms with Crippen LogP contribution in [0.25, 0.3) is 22.2 Å². The Hall–Kier alpha value is -3.60. The zero-order valence-corrected chi connectivity index (χ0v) is 15.0. The Kier molecular flexibility index (Phi) is 4.69. The van der Waals surface area contributed by atoms with Crippen molar-refractivity contribution in [1.82, 2.24) is 13.7 Å². The van der Waals surface area contributed by atoms with E-state index in [0.717, 1.165) is 4.57 Å². The number of nitrogens with zero attached hydrogens (tertiary/aromatic N) is 4. The number of carbonyl (C=O) groups is 1. The Morgan fingerprint density at radius 3 is 2.63 bits per heavy atom. The van der Waals surface area contributed by atoms with Crippen LogP contribution in [-0.4, -0.2) is 24.8 Å². The fourth-order valence-electron chi connectivity index (χ4n) is 3.21. The van der Waals surface area contributed by atoms with Crippen LogP contribution in [0.15, 0.2) is 40.1 Å². The molecule has 2 aromatic heterocycles. The summed E-state index contributed by atoms with van der Waals surface area (Å²) in [6.45, 7) is 0.366. The van der Waals surface area contributed by atoms with Crippen molar-refractivity contribution in [2.24, 2.45) is 14.1 Å². The lowest BCUT2D eigenvalue weighted by Crippen LogP contribution is -2.36. The highest BCUT2D eigenvalue weighted by molar-refractivity contribution is 5.93. The van der Waals surface area contributed by atoms with Crippen molar-refractivity contribution < 1.29 is 9.90 Å². The van der Waals surface area contributed by atoms with Crippen molar-refractivity contribution in [2.45, 2.75) is 19.4 Å². The van der Waals surface area contributed by atoms with E-state index in [1.807, 2.05) is 0 Å². The Balaban J connectivity index is 2.33. The first-order valence-corrected chi connectivity index (χ1v) is 8.36. The van der Waals surface area contributed by atoms with Gasteiger partial charge in [-0.05, 0) is 18.6 Å². The average molecular weight is 366 g/mol. The molecule has 1 aromatic carbocycles. The van der Waals surface area contributed by atoms with Crippen molar-refractivity contribution in [2.75, 3.05) is 0 Å². The van der Waals surface area contributed by atoms with Crippen LogP contribution in [0.1, 0.15) is 18.4 Å². The quantitative estimate of drug-likeness (QED) is 0.735. The van der Waals surface area contributed by atoms with Gasteiger partial charge in [-0.15, -0.1) is 0 Å². The molecule has 3 rings (SSSR count). The zero-order chi connectivity index (χ0) is 19.7. The van der Waals surface area contributed by atoms with Gasteiger partial charge in [-0.1, -0.05) is 12.1 Å². The molecule has 3 aromatic rings. The normalized spacial score (nSPS) is 10.9. The van der Waals surface area contributed by atoms with E-state index in [1.165, 1.54) is 11.6 Å². The number of carboxylic acids is 1. The predicted molar refractivity (Wildman–Crippen MR) is 99.4 cm³/mol. The lowest BCUT2D eigenvalue weighted by Gasteiger charge is -2.10. The summed E-state index contributed by atoms with van der Waals surface area (Å²) in [6.07, 6.45) is 2.05. The van der Waals surface area contributed by atoms with Crippen LogP contribution in [0.2, 0.25) is 0 Å². The number of benzene rings is 1. The number of hydrogen-bond donors (Lipinski definition) is 1. The number of hydrogen-bond acceptors (Lipinski definition) is 4. The molecule has 0 aliphatic carbocycles. The van der Waals surface area contributed by atoms with E-state index >= 15 is 0 Å². The van der Waals surface area contributed by atoms with Crippen LogP contribution in [-0.2, 0) is 25.4 Å². The molecule has 0 fully saturated rings. The summed E-state index contributed by atoms with van der Waals surface area (Å²) in [4.78, 5) is 35.9. The van der Waals surface area contributed by atoms with Gasteiger partial charge in [-0.3, -0.25) is 18.7 Å². The number of carboxylic acid groups (broad SMARTS) is 1. The monoisotopic (exact) mass is 366 g/mol. The van der Waals surface area contributed by atoms with E-state index in [9.17, 15) is 19.6 Å². The molecule has 0 bridgehead atoms. The van der Waals surface area contributed by atoms with Gasteiger partial charge in [0.05, 0.1) is 28.2 Å². The Bertz CT molecular complexity index is 1210. The highest BCUT2D eigenvalue weighted by Crippen LogP contribution is 2.29. The average Bonchev–Trinajstić information content (AvgIpc) is 3.04. The van der Waals surface area contributed by atoms with Gasteiger partial charge >= 0.3 is 11.7 Å². The molecular weight excluding hydrogens is 348 g/mol. The molecule has 8 heteroatoms. The Morgan fingerprint density at radius 2 is 1.96 bits per heavy atom. The van der Waals surface area contributed by atoms with Crippen molar-refractivity contribution in [3.05, 3.63) is 56.9 Å². The number of nitriles is 1. The van der Waals surface area contributed by atoms with Crippen molar-refractivity contribution in [1.29, 1.82) is 5.26 Å². The van der Waals surface area contributed by atoms with Crippen molar-refractivity contribution >= 4 is 16.9 Å². The second-order valence-corrected chi connectivity index (χ2v) is 6.33. The van der Waals surface area contributed by atoms with Gasteiger partial charge in [0.15, 0.2) is 0 Å². The fraction of sp³-hybridized carbons (Fsp3) is 0.263. The van der Waals surface area contributed by atoms with Crippen LogP contribution in [0.5, 0.6) is 0 Å². The van der Waals surface area contributed by atoms with Gasteiger partial charge in [0.1, 0.15) is 0 Å². The van der Waals surface area contributed by atoms with Crippen LogP contribution in [0.3, 0.4) is 0 Å². The molecule has 0 radical (unpaired) electrons. The molecule has 0 saturated carbocycles. The van der Waals surface area contributed by atoms with Crippen LogP contribution < -0.4 is 11.2 Å². The minimum Gasteiger partial charge on any atom is -0.481 e. The first-order valence-electron chi connectivity index (χ1n) is 8.36. The van der Waals surface area contributed by atoms with Gasteiger partial charge in [-0.2, -0.15) is 5.26 Å². The summed E-state index contributed by atoms with van der Waals surface area (Å²) >= 11 is 0. The standard InChI is InChI=1S/C19H18N4O4/c1-21-14-11-23(8-4-7-15(24)25)17(13-6-3-5-12(9-13)10-20)16(14)18(26)22(2)19(21)27/h3,5-6,9,11H,4,7-8H2,1-2H3,(H,24,25). The topological polar surface area (TPSA) is 110 Å². The number of aromatic nitrogens is 3. The predicted octanol–water partition coefficient (Wildman–Crippen LogP) is 1.44. The lowest BCUT2D eigenvalue weighted by atomic mass is 10.1. The number of aryl methyl sites for hydroxylation is 2. The fourth-order valence-corrected chi connectivity index (χ4v) is 3.21. The van der Waals surface area contributed by atoms with Crippen molar-refractivity contribution in [3.8, 4) is 17.3 Å². The lowest BCUT2D eigenvalue weighted by molar-refractivity contribution is -0.137. The van der Waals surface area contributed by atoms with Gasteiger partial charge in [0.25, 0.3) is 5.56 Å². The van der Waals surface area contributed by atoms with Crippen molar-refractivity contribution in [3.63, 3.8) is 0 Å². The molecule has 2 heterocycles. The van der Waals surface area contributed by atoms with Crippen LogP contribution in [0.4, 0.5) is 0 Å². The molecule has 0 atom stereocenters. The third kappa shape index (κ3) is 3.15. The largest absolute Gasteiger partial charge is 0.481 e. The van der Waals surface area contributed by atoms with E-state index in [4.69, 9.17) is 5.11 Å². The molecule has 0 aliphatic heterocycles. The maximum absolute atomic E-state index is 12.8. The Morgan fingerprint density at radius 1 is 1.22 bits per heavy atom. The third-order valence-corrected chi connectivity index (χ3v) is 4.57. The molecule has 0 saturated heterocycles. The second-order valence-electron chi connectivity index (χ2n) is 6.33. The SMILES string of the molecule is Cn1c(=O)c2c(-c3cccc(C#N)c3)n(CCCC(=O)O)cc2n(C)c1=O. The number of aliphatic carboxylic acids is 1. The summed E-state index contributed by atoms with van der Waals surface area (Å²) in [7, 11) is 3.00. The summed E-state index contributed by atoms with van der Waals surface area (Å²) < 4.78 is 4.22. The molecule has 0 unspecified atom stereocenters. The number of rotatable bonds is 5. The summed E-state index contributed by atoms with van der Waals surface area (Å²) in [5.41, 5.74) is 1.28. The third-order valence-electron chi connectivity index (χ3n) is 4.57. The molecule has 1 N–H and O–H groups in total. The van der Waals surface area contributed by atoms with Gasteiger partial charge < -0.3 is 9.67 Å². The maximum atomic E-state index is 12.8. The maximum Gasteiger partial charge on any atom is 0.330 e. The van der Waals surface area contributed by atoms with E-state index in [-0.39, 0.29) is 6.42 Å². The van der Waals surface area contributed by atoms with Crippen LogP contribution in [0, 0.1) is 11.3 Å². The first kappa shape index (κ1) is 18.2. The molecule has 138 valence electrons. The smallest absolute Gasteiger partial charge is 0.330 e. The molecule has 0 aliphatic rings. The highest BCUT2D eigenvalue weighted by Gasteiger charge is 2.19. The first-order chi connectivity index (χ1) is 12.8. The second kappa shape index (κ2) is 6.96. The van der Waals surface area contributed by atoms with E-state index in [1.54, 1.807) is 42.1 Å². The number of fused-ring (bicyclic) bond motifs is 1. The van der Waals surface area contributed by atoms with Gasteiger partial charge in [0.2, 0.25) is 0 Å². The van der Waals surface area contributed by atoms with E-state index < -0.39 is 17.2 Å². The van der Waals surface area contributed by atoms with Gasteiger partial charge in [-0.25, -0.2) is 4.79 Å². The highest BCUT2D eigenvalue weighted by atomic mass is 16.4. The zero-order valence-electron chi connectivity index (χ0n) is 15.0. The Labute approximate surface area is 154 Å².